The molecule has 3 nitrogen and oxygen atoms in total. The minimum Gasteiger partial charge on any atom is -0.489 e. The number of rotatable bonds is 4. The first-order valence-electron chi connectivity index (χ1n) is 8.03. The maximum atomic E-state index is 12.0. The maximum absolute atomic E-state index is 12.0. The molecule has 0 spiro atoms. The van der Waals surface area contributed by atoms with Crippen molar-refractivity contribution in [2.45, 2.75) is 18.9 Å². The highest BCUT2D eigenvalue weighted by atomic mass is 35.5. The fraction of sp³-hybridized carbons (Fsp3) is 0.150. The largest absolute Gasteiger partial charge is 0.489 e. The van der Waals surface area contributed by atoms with Gasteiger partial charge in [-0.15, -0.1) is 11.3 Å². The number of carbonyl (C=O) groups excluding carboxylic acids is 1. The van der Waals surface area contributed by atoms with Gasteiger partial charge in [0.2, 0.25) is 5.91 Å². The Kier molecular flexibility index (Phi) is 4.47. The van der Waals surface area contributed by atoms with Crippen LogP contribution >= 0.6 is 22.9 Å². The predicted molar refractivity (Wildman–Crippen MR) is 102 cm³/mol. The van der Waals surface area contributed by atoms with Crippen molar-refractivity contribution in [3.8, 4) is 5.75 Å². The molecule has 4 rings (SSSR count). The van der Waals surface area contributed by atoms with E-state index in [0.717, 1.165) is 22.6 Å². The molecule has 2 heterocycles. The Bertz CT molecular complexity index is 904. The van der Waals surface area contributed by atoms with Crippen LogP contribution in [0, 0.1) is 0 Å². The molecule has 0 fully saturated rings. The highest BCUT2D eigenvalue weighted by Gasteiger charge is 2.27. The average Bonchev–Trinajstić information content (AvgIpc) is 3.09. The molecule has 1 aromatic heterocycles. The van der Waals surface area contributed by atoms with Crippen LogP contribution in [0.2, 0.25) is 5.02 Å². The summed E-state index contributed by atoms with van der Waals surface area (Å²) in [5.41, 5.74) is 3.10. The fourth-order valence-corrected chi connectivity index (χ4v) is 4.12. The van der Waals surface area contributed by atoms with Gasteiger partial charge in [0.05, 0.1) is 5.69 Å². The molecule has 1 aliphatic rings. The lowest BCUT2D eigenvalue weighted by molar-refractivity contribution is -0.116. The number of nitrogens with one attached hydrogen (secondary N) is 1. The zero-order valence-corrected chi connectivity index (χ0v) is 14.9. The second-order valence-corrected chi connectivity index (χ2v) is 7.38. The molecule has 1 aliphatic heterocycles. The molecule has 0 aliphatic carbocycles. The molecule has 0 radical (unpaired) electrons. The third-order valence-electron chi connectivity index (χ3n) is 4.25. The van der Waals surface area contributed by atoms with Crippen LogP contribution in [0.4, 0.5) is 5.69 Å². The Balaban J connectivity index is 1.54. The first-order chi connectivity index (χ1) is 12.2. The Morgan fingerprint density at radius 3 is 2.84 bits per heavy atom. The molecule has 1 amide bonds. The van der Waals surface area contributed by atoms with Gasteiger partial charge in [0.25, 0.3) is 0 Å². The van der Waals surface area contributed by atoms with Gasteiger partial charge < -0.3 is 10.1 Å². The van der Waals surface area contributed by atoms with Crippen molar-refractivity contribution < 1.29 is 9.53 Å². The predicted octanol–water partition coefficient (Wildman–Crippen LogP) is 5.45. The lowest BCUT2D eigenvalue weighted by atomic mass is 9.90. The number of fused-ring (bicyclic) bond motifs is 1. The molecular formula is C20H16ClNO2S. The molecule has 0 saturated carbocycles. The van der Waals surface area contributed by atoms with Crippen LogP contribution in [-0.2, 0) is 11.4 Å². The normalized spacial score (nSPS) is 16.2. The van der Waals surface area contributed by atoms with Gasteiger partial charge in [-0.2, -0.15) is 0 Å². The molecule has 2 aromatic carbocycles. The van der Waals surface area contributed by atoms with Gasteiger partial charge in [-0.1, -0.05) is 35.9 Å². The van der Waals surface area contributed by atoms with Gasteiger partial charge in [-0.05, 0) is 46.8 Å². The van der Waals surface area contributed by atoms with Gasteiger partial charge in [0.15, 0.2) is 0 Å². The monoisotopic (exact) mass is 369 g/mol. The molecule has 3 aromatic rings. The summed E-state index contributed by atoms with van der Waals surface area (Å²) >= 11 is 7.59. The number of thiophene rings is 1. The molecule has 126 valence electrons. The summed E-state index contributed by atoms with van der Waals surface area (Å²) in [5.74, 6) is 0.947. The second-order valence-electron chi connectivity index (χ2n) is 5.99. The van der Waals surface area contributed by atoms with Crippen molar-refractivity contribution in [1.29, 1.82) is 0 Å². The summed E-state index contributed by atoms with van der Waals surface area (Å²) in [6, 6.07) is 17.6. The Hall–Kier alpha value is -2.30. The summed E-state index contributed by atoms with van der Waals surface area (Å²) in [6.07, 6.45) is 0.466. The van der Waals surface area contributed by atoms with Crippen LogP contribution < -0.4 is 10.1 Å². The Morgan fingerprint density at radius 2 is 2.00 bits per heavy atom. The Labute approximate surface area is 155 Å². The highest BCUT2D eigenvalue weighted by Crippen LogP contribution is 2.41. The third kappa shape index (κ3) is 3.55. The number of hydrogen-bond donors (Lipinski definition) is 1. The van der Waals surface area contributed by atoms with Crippen LogP contribution in [0.3, 0.4) is 0 Å². The SMILES string of the molecule is O=C1CC(c2cccc(OCc3ccc(Cl)cc3)c2)c2sccc2N1. The highest BCUT2D eigenvalue weighted by molar-refractivity contribution is 7.10. The lowest BCUT2D eigenvalue weighted by Gasteiger charge is -2.23. The molecular weight excluding hydrogens is 354 g/mol. The number of amides is 1. The van der Waals surface area contributed by atoms with Crippen LogP contribution in [0.5, 0.6) is 5.75 Å². The third-order valence-corrected chi connectivity index (χ3v) is 5.54. The molecule has 1 unspecified atom stereocenters. The van der Waals surface area contributed by atoms with E-state index in [1.54, 1.807) is 11.3 Å². The standard InChI is InChI=1S/C20H16ClNO2S/c21-15-6-4-13(5-7-15)12-24-16-3-1-2-14(10-16)17-11-19(23)22-18-8-9-25-20(17)18/h1-10,17H,11-12H2,(H,22,23). The number of hydrogen-bond acceptors (Lipinski definition) is 3. The van der Waals surface area contributed by atoms with E-state index in [9.17, 15) is 4.79 Å². The smallest absolute Gasteiger partial charge is 0.225 e. The van der Waals surface area contributed by atoms with Crippen molar-refractivity contribution in [2.24, 2.45) is 0 Å². The number of halogens is 1. The quantitative estimate of drug-likeness (QED) is 0.663. The van der Waals surface area contributed by atoms with Crippen molar-refractivity contribution in [2.75, 3.05) is 5.32 Å². The van der Waals surface area contributed by atoms with E-state index >= 15 is 0 Å². The van der Waals surface area contributed by atoms with Crippen LogP contribution in [-0.4, -0.2) is 5.91 Å². The van der Waals surface area contributed by atoms with Gasteiger partial charge in [0.1, 0.15) is 12.4 Å². The van der Waals surface area contributed by atoms with E-state index in [1.165, 1.54) is 4.88 Å². The number of benzene rings is 2. The van der Waals surface area contributed by atoms with Gasteiger partial charge in [-0.3, -0.25) is 4.79 Å². The molecule has 5 heteroatoms. The molecule has 1 N–H and O–H groups in total. The summed E-state index contributed by atoms with van der Waals surface area (Å²) in [5, 5.41) is 5.67. The fourth-order valence-electron chi connectivity index (χ4n) is 3.01. The number of ether oxygens (including phenoxy) is 1. The summed E-state index contributed by atoms with van der Waals surface area (Å²) < 4.78 is 5.92. The van der Waals surface area contributed by atoms with Crippen LogP contribution in [0.1, 0.15) is 28.3 Å². The molecule has 0 bridgehead atoms. The van der Waals surface area contributed by atoms with Gasteiger partial charge in [-0.25, -0.2) is 0 Å². The first-order valence-corrected chi connectivity index (χ1v) is 9.29. The minimum absolute atomic E-state index is 0.0587. The van der Waals surface area contributed by atoms with E-state index in [-0.39, 0.29) is 11.8 Å². The summed E-state index contributed by atoms with van der Waals surface area (Å²) in [6.45, 7) is 0.482. The van der Waals surface area contributed by atoms with Crippen molar-refractivity contribution in [1.82, 2.24) is 0 Å². The van der Waals surface area contributed by atoms with E-state index < -0.39 is 0 Å². The van der Waals surface area contributed by atoms with Gasteiger partial charge >= 0.3 is 0 Å². The average molecular weight is 370 g/mol. The van der Waals surface area contributed by atoms with E-state index in [2.05, 4.69) is 11.4 Å². The summed E-state index contributed by atoms with van der Waals surface area (Å²) in [7, 11) is 0. The zero-order valence-electron chi connectivity index (χ0n) is 13.4. The zero-order chi connectivity index (χ0) is 17.2. The molecule has 0 saturated heterocycles. The van der Waals surface area contributed by atoms with Crippen molar-refractivity contribution in [3.63, 3.8) is 0 Å². The molecule has 1 atom stereocenters. The molecule has 25 heavy (non-hydrogen) atoms. The topological polar surface area (TPSA) is 38.3 Å². The van der Waals surface area contributed by atoms with Crippen LogP contribution in [0.15, 0.2) is 60.0 Å². The number of carbonyl (C=O) groups is 1. The van der Waals surface area contributed by atoms with E-state index in [4.69, 9.17) is 16.3 Å². The van der Waals surface area contributed by atoms with Crippen molar-refractivity contribution in [3.05, 3.63) is 81.0 Å². The van der Waals surface area contributed by atoms with Crippen LogP contribution in [0.25, 0.3) is 0 Å². The first kappa shape index (κ1) is 16.2. The lowest BCUT2D eigenvalue weighted by Crippen LogP contribution is -2.21. The van der Waals surface area contributed by atoms with Gasteiger partial charge in [0, 0.05) is 22.2 Å². The summed E-state index contributed by atoms with van der Waals surface area (Å²) in [4.78, 5) is 13.2. The van der Waals surface area contributed by atoms with Crippen molar-refractivity contribution >= 4 is 34.5 Å². The minimum atomic E-state index is 0.0587. The number of anilines is 1. The Morgan fingerprint density at radius 1 is 1.16 bits per heavy atom. The van der Waals surface area contributed by atoms with E-state index in [1.807, 2.05) is 53.9 Å². The second kappa shape index (κ2) is 6.90. The maximum Gasteiger partial charge on any atom is 0.225 e. The van der Waals surface area contributed by atoms with E-state index in [0.29, 0.717) is 18.1 Å².